The number of nitrogens with zero attached hydrogens (tertiary/aromatic N) is 3. The minimum atomic E-state index is 0. The van der Waals surface area contributed by atoms with Crippen LogP contribution in [0.15, 0.2) is 83.7 Å². The van der Waals surface area contributed by atoms with Crippen LogP contribution < -0.4 is 0 Å². The van der Waals surface area contributed by atoms with Crippen LogP contribution in [0.5, 0.6) is 0 Å². The average molecular weight is 596 g/mol. The number of rotatable bonds is 2. The van der Waals surface area contributed by atoms with Crippen molar-refractivity contribution >= 4 is 11.0 Å². The van der Waals surface area contributed by atoms with Gasteiger partial charge in [0.15, 0.2) is 0 Å². The van der Waals surface area contributed by atoms with Gasteiger partial charge in [0.2, 0.25) is 0 Å². The molecule has 4 heterocycles. The minimum Gasteiger partial charge on any atom is -0.505 e. The first-order chi connectivity index (χ1) is 15.4. The summed E-state index contributed by atoms with van der Waals surface area (Å²) in [5.74, 6) is 1.12. The van der Waals surface area contributed by atoms with Crippen LogP contribution in [0.25, 0.3) is 33.5 Å². The van der Waals surface area contributed by atoms with Crippen LogP contribution in [0, 0.1) is 12.3 Å². The molecule has 4 aromatic heterocycles. The zero-order valence-corrected chi connectivity index (χ0v) is 19.8. The van der Waals surface area contributed by atoms with Gasteiger partial charge in [-0.2, -0.15) is 0 Å². The molecular weight excluding hydrogens is 575 g/mol. The van der Waals surface area contributed by atoms with Gasteiger partial charge in [0.1, 0.15) is 0 Å². The summed E-state index contributed by atoms with van der Waals surface area (Å²) >= 11 is 0. The van der Waals surface area contributed by atoms with Gasteiger partial charge in [-0.3, -0.25) is 0 Å². The monoisotopic (exact) mass is 596 g/mol. The third-order valence-corrected chi connectivity index (χ3v) is 5.38. The Morgan fingerprint density at radius 2 is 1.56 bits per heavy atom. The molecule has 0 bridgehead atoms. The second-order valence-electron chi connectivity index (χ2n) is 7.40. The molecule has 4 nitrogen and oxygen atoms in total. The van der Waals surface area contributed by atoms with E-state index in [9.17, 15) is 0 Å². The van der Waals surface area contributed by atoms with Gasteiger partial charge in [0.05, 0.1) is 11.3 Å². The van der Waals surface area contributed by atoms with Crippen molar-refractivity contribution in [1.82, 2.24) is 15.0 Å². The van der Waals surface area contributed by atoms with Gasteiger partial charge < -0.3 is 19.4 Å². The Labute approximate surface area is 201 Å². The summed E-state index contributed by atoms with van der Waals surface area (Å²) < 4.78 is 6.06. The van der Waals surface area contributed by atoms with E-state index in [1.165, 1.54) is 18.4 Å². The van der Waals surface area contributed by atoms with Crippen LogP contribution in [0.1, 0.15) is 24.2 Å². The summed E-state index contributed by atoms with van der Waals surface area (Å²) in [5, 5.41) is 1.13. The number of aromatic nitrogens is 3. The first-order valence-electron chi connectivity index (χ1n) is 10.5. The molecule has 0 fully saturated rings. The second-order valence-corrected chi connectivity index (χ2v) is 7.40. The molecule has 1 aliphatic carbocycles. The molecule has 161 valence electrons. The van der Waals surface area contributed by atoms with Crippen molar-refractivity contribution in [3.05, 3.63) is 103 Å². The molecule has 6 rings (SSSR count). The van der Waals surface area contributed by atoms with Crippen LogP contribution in [-0.2, 0) is 32.9 Å². The van der Waals surface area contributed by atoms with Crippen molar-refractivity contribution in [3.8, 4) is 22.5 Å². The van der Waals surface area contributed by atoms with Crippen molar-refractivity contribution < 1.29 is 24.5 Å². The number of benzene rings is 1. The maximum Gasteiger partial charge on any atom is 0.0931 e. The fraction of sp³-hybridized carbons (Fsp3) is 0.148. The molecule has 1 aliphatic rings. The Hall–Kier alpha value is -3.14. The predicted molar refractivity (Wildman–Crippen MR) is 121 cm³/mol. The van der Waals surface area contributed by atoms with E-state index in [2.05, 4.69) is 27.2 Å². The SMILES string of the molecule is [Ir].[c-]1ccccc1-c1ccccn1.[c-]1ncc2c3c(oc2c1-c1ccccn1)CCCC3. The summed E-state index contributed by atoms with van der Waals surface area (Å²) in [6.45, 7) is 0. The summed E-state index contributed by atoms with van der Waals surface area (Å²) in [6, 6.07) is 22.7. The van der Waals surface area contributed by atoms with Crippen molar-refractivity contribution in [1.29, 1.82) is 0 Å². The van der Waals surface area contributed by atoms with E-state index in [0.29, 0.717) is 0 Å². The summed E-state index contributed by atoms with van der Waals surface area (Å²) in [5.41, 5.74) is 5.97. The van der Waals surface area contributed by atoms with Gasteiger partial charge in [0, 0.05) is 38.9 Å². The number of pyridine rings is 3. The number of hydrogen-bond acceptors (Lipinski definition) is 4. The van der Waals surface area contributed by atoms with E-state index in [-0.39, 0.29) is 20.1 Å². The van der Waals surface area contributed by atoms with Crippen LogP contribution in [0.4, 0.5) is 0 Å². The summed E-state index contributed by atoms with van der Waals surface area (Å²) in [4.78, 5) is 12.8. The zero-order valence-electron chi connectivity index (χ0n) is 17.4. The third-order valence-electron chi connectivity index (χ3n) is 5.38. The molecule has 5 heteroatoms. The summed E-state index contributed by atoms with van der Waals surface area (Å²) in [7, 11) is 0. The van der Waals surface area contributed by atoms with E-state index in [1.807, 2.05) is 66.9 Å². The fourth-order valence-electron chi connectivity index (χ4n) is 3.88. The Bertz CT molecular complexity index is 1230. The minimum absolute atomic E-state index is 0. The molecule has 1 aromatic carbocycles. The largest absolute Gasteiger partial charge is 0.505 e. The van der Waals surface area contributed by atoms with Crippen LogP contribution >= 0.6 is 0 Å². The maximum absolute atomic E-state index is 6.06. The molecule has 5 aromatic rings. The number of fused-ring (bicyclic) bond motifs is 3. The van der Waals surface area contributed by atoms with Gasteiger partial charge in [-0.15, -0.1) is 35.9 Å². The van der Waals surface area contributed by atoms with Crippen molar-refractivity contribution in [2.45, 2.75) is 25.7 Å². The molecule has 0 saturated carbocycles. The third kappa shape index (κ3) is 4.69. The Morgan fingerprint density at radius 3 is 2.28 bits per heavy atom. The van der Waals surface area contributed by atoms with Gasteiger partial charge in [0.25, 0.3) is 0 Å². The fourth-order valence-corrected chi connectivity index (χ4v) is 3.88. The second kappa shape index (κ2) is 10.4. The van der Waals surface area contributed by atoms with E-state index < -0.39 is 0 Å². The van der Waals surface area contributed by atoms with Crippen LogP contribution in [0.3, 0.4) is 0 Å². The quantitative estimate of drug-likeness (QED) is 0.231. The number of hydrogen-bond donors (Lipinski definition) is 0. The van der Waals surface area contributed by atoms with Crippen molar-refractivity contribution in [2.24, 2.45) is 0 Å². The standard InChI is InChI=1S/C16H13N2O.C11H8N.Ir/c1-2-7-15-11(5-1)12-9-17-10-13(16(12)19-15)14-6-3-4-8-18-14;1-2-6-10(7-3-1)11-8-4-5-9-12-11;/h3-4,6,8-9H,1-2,5,7H2;1-6,8-9H;/q2*-1;. The molecule has 0 amide bonds. The first kappa shape index (κ1) is 22.1. The van der Waals surface area contributed by atoms with Gasteiger partial charge in [-0.1, -0.05) is 29.8 Å². The van der Waals surface area contributed by atoms with Crippen LogP contribution in [-0.4, -0.2) is 15.0 Å². The van der Waals surface area contributed by atoms with Gasteiger partial charge in [-0.25, -0.2) is 0 Å². The maximum atomic E-state index is 6.06. The van der Waals surface area contributed by atoms with E-state index in [1.54, 1.807) is 12.4 Å². The van der Waals surface area contributed by atoms with E-state index in [0.717, 1.165) is 52.1 Å². The molecule has 32 heavy (non-hydrogen) atoms. The van der Waals surface area contributed by atoms with E-state index >= 15 is 0 Å². The molecule has 0 atom stereocenters. The Morgan fingerprint density at radius 1 is 0.812 bits per heavy atom. The van der Waals surface area contributed by atoms with Gasteiger partial charge >= 0.3 is 0 Å². The number of aryl methyl sites for hydroxylation is 2. The molecule has 0 spiro atoms. The Balaban J connectivity index is 0.000000164. The first-order valence-corrected chi connectivity index (χ1v) is 10.5. The zero-order chi connectivity index (χ0) is 20.9. The normalized spacial score (nSPS) is 12.2. The molecule has 0 unspecified atom stereocenters. The topological polar surface area (TPSA) is 51.8 Å². The predicted octanol–water partition coefficient (Wildman–Crippen LogP) is 6.12. The van der Waals surface area contributed by atoms with Gasteiger partial charge in [-0.05, 0) is 66.1 Å². The van der Waals surface area contributed by atoms with E-state index in [4.69, 9.17) is 4.42 Å². The molecule has 0 saturated heterocycles. The molecular formula is C27H21IrN3O-2. The molecule has 1 radical (unpaired) electrons. The summed E-state index contributed by atoms with van der Waals surface area (Å²) in [6.07, 6.45) is 13.0. The van der Waals surface area contributed by atoms with Crippen molar-refractivity contribution in [3.63, 3.8) is 0 Å². The molecule has 0 aliphatic heterocycles. The average Bonchev–Trinajstić information content (AvgIpc) is 3.25. The van der Waals surface area contributed by atoms with Crippen LogP contribution in [0.2, 0.25) is 0 Å². The van der Waals surface area contributed by atoms with Crippen molar-refractivity contribution in [2.75, 3.05) is 0 Å². The molecule has 0 N–H and O–H groups in total. The smallest absolute Gasteiger partial charge is 0.0931 e. The number of furan rings is 1. The Kier molecular flexibility index (Phi) is 7.21.